The van der Waals surface area contributed by atoms with Crippen molar-refractivity contribution in [2.45, 2.75) is 20.8 Å². The van der Waals surface area contributed by atoms with Gasteiger partial charge in [0.05, 0.1) is 11.0 Å². The first-order chi connectivity index (χ1) is 11.5. The van der Waals surface area contributed by atoms with Crippen LogP contribution in [-0.2, 0) is 0 Å². The molecule has 2 N–H and O–H groups in total. The molecule has 4 nitrogen and oxygen atoms in total. The molecule has 0 amide bonds. The SMILES string of the molecule is Cc1cc2nc(-c3n[nH]c(C)c3-c3ccc(F)cc3)[nH]c2cc1C. The Morgan fingerprint density at radius 3 is 2.42 bits per heavy atom. The predicted octanol–water partition coefficient (Wildman–Crippen LogP) is 4.68. The van der Waals surface area contributed by atoms with Crippen molar-refractivity contribution in [2.24, 2.45) is 0 Å². The van der Waals surface area contributed by atoms with Gasteiger partial charge in [0.25, 0.3) is 0 Å². The van der Waals surface area contributed by atoms with Crippen molar-refractivity contribution in [1.82, 2.24) is 20.2 Å². The lowest BCUT2D eigenvalue weighted by atomic mass is 10.0. The molecule has 0 bridgehead atoms. The van der Waals surface area contributed by atoms with Crippen LogP contribution in [0.4, 0.5) is 4.39 Å². The molecule has 0 aliphatic heterocycles. The van der Waals surface area contributed by atoms with E-state index in [1.54, 1.807) is 12.1 Å². The summed E-state index contributed by atoms with van der Waals surface area (Å²) in [6.45, 7) is 6.11. The molecule has 120 valence electrons. The molecule has 4 rings (SSSR count). The molecule has 2 aromatic carbocycles. The van der Waals surface area contributed by atoms with Crippen molar-refractivity contribution in [1.29, 1.82) is 0 Å². The minimum absolute atomic E-state index is 0.254. The van der Waals surface area contributed by atoms with E-state index >= 15 is 0 Å². The van der Waals surface area contributed by atoms with E-state index in [4.69, 9.17) is 0 Å². The maximum absolute atomic E-state index is 13.2. The highest BCUT2D eigenvalue weighted by Gasteiger charge is 2.17. The van der Waals surface area contributed by atoms with Gasteiger partial charge >= 0.3 is 0 Å². The predicted molar refractivity (Wildman–Crippen MR) is 93.3 cm³/mol. The lowest BCUT2D eigenvalue weighted by Crippen LogP contribution is -1.86. The molecular formula is C19H17FN4. The van der Waals surface area contributed by atoms with Crippen molar-refractivity contribution in [3.8, 4) is 22.6 Å². The third-order valence-corrected chi connectivity index (χ3v) is 4.40. The highest BCUT2D eigenvalue weighted by Crippen LogP contribution is 2.32. The second kappa shape index (κ2) is 5.30. The lowest BCUT2D eigenvalue weighted by Gasteiger charge is -2.02. The Hall–Kier alpha value is -2.95. The maximum atomic E-state index is 13.2. The summed E-state index contributed by atoms with van der Waals surface area (Å²) < 4.78 is 13.2. The largest absolute Gasteiger partial charge is 0.337 e. The van der Waals surface area contributed by atoms with Gasteiger partial charge in [-0.1, -0.05) is 12.1 Å². The van der Waals surface area contributed by atoms with Crippen LogP contribution in [0.15, 0.2) is 36.4 Å². The minimum atomic E-state index is -0.254. The van der Waals surface area contributed by atoms with E-state index in [-0.39, 0.29) is 5.82 Å². The van der Waals surface area contributed by atoms with Crippen LogP contribution in [0.25, 0.3) is 33.7 Å². The average molecular weight is 320 g/mol. The number of aromatic amines is 2. The smallest absolute Gasteiger partial charge is 0.159 e. The maximum Gasteiger partial charge on any atom is 0.159 e. The number of hydrogen-bond acceptors (Lipinski definition) is 2. The molecule has 4 aromatic rings. The number of nitrogens with zero attached hydrogens (tertiary/aromatic N) is 2. The van der Waals surface area contributed by atoms with Gasteiger partial charge in [0.15, 0.2) is 5.82 Å². The van der Waals surface area contributed by atoms with Gasteiger partial charge < -0.3 is 4.98 Å². The molecule has 5 heteroatoms. The number of halogens is 1. The van der Waals surface area contributed by atoms with Crippen LogP contribution in [0, 0.1) is 26.6 Å². The second-order valence-electron chi connectivity index (χ2n) is 6.12. The number of fused-ring (bicyclic) bond motifs is 1. The molecule has 0 unspecified atom stereocenters. The highest BCUT2D eigenvalue weighted by atomic mass is 19.1. The van der Waals surface area contributed by atoms with Crippen LogP contribution in [0.3, 0.4) is 0 Å². The van der Waals surface area contributed by atoms with E-state index in [9.17, 15) is 4.39 Å². The number of benzene rings is 2. The Labute approximate surface area is 138 Å². The van der Waals surface area contributed by atoms with Gasteiger partial charge in [-0.2, -0.15) is 5.10 Å². The fourth-order valence-electron chi connectivity index (χ4n) is 2.95. The lowest BCUT2D eigenvalue weighted by molar-refractivity contribution is 0.628. The molecule has 0 spiro atoms. The molecule has 0 radical (unpaired) electrons. The Balaban J connectivity index is 1.90. The van der Waals surface area contributed by atoms with E-state index in [0.717, 1.165) is 33.5 Å². The number of rotatable bonds is 2. The third kappa shape index (κ3) is 2.29. The number of nitrogens with one attached hydrogen (secondary N) is 2. The summed E-state index contributed by atoms with van der Waals surface area (Å²) in [5.41, 5.74) is 7.83. The van der Waals surface area contributed by atoms with Crippen LogP contribution in [0.2, 0.25) is 0 Å². The molecule has 2 heterocycles. The third-order valence-electron chi connectivity index (χ3n) is 4.40. The normalized spacial score (nSPS) is 11.3. The van der Waals surface area contributed by atoms with Crippen molar-refractivity contribution < 1.29 is 4.39 Å². The van der Waals surface area contributed by atoms with Gasteiger partial charge in [-0.3, -0.25) is 5.10 Å². The number of imidazole rings is 1. The standard InChI is InChI=1S/C19H17FN4/c1-10-8-15-16(9-11(10)2)22-19(21-15)18-17(12(3)23-24-18)13-4-6-14(20)7-5-13/h4-9H,1-3H3,(H,21,22)(H,23,24). The molecule has 0 fully saturated rings. The minimum Gasteiger partial charge on any atom is -0.337 e. The summed E-state index contributed by atoms with van der Waals surface area (Å²) in [5.74, 6) is 0.454. The summed E-state index contributed by atoms with van der Waals surface area (Å²) in [4.78, 5) is 8.04. The van der Waals surface area contributed by atoms with Gasteiger partial charge in [0.2, 0.25) is 0 Å². The van der Waals surface area contributed by atoms with E-state index < -0.39 is 0 Å². The van der Waals surface area contributed by atoms with Crippen LogP contribution in [0.5, 0.6) is 0 Å². The molecule has 0 aliphatic carbocycles. The Morgan fingerprint density at radius 2 is 1.67 bits per heavy atom. The summed E-state index contributed by atoms with van der Waals surface area (Å²) in [6, 6.07) is 10.6. The van der Waals surface area contributed by atoms with Crippen molar-refractivity contribution in [3.05, 3.63) is 59.0 Å². The number of aromatic nitrogens is 4. The summed E-state index contributed by atoms with van der Waals surface area (Å²) in [7, 11) is 0. The molecule has 24 heavy (non-hydrogen) atoms. The van der Waals surface area contributed by atoms with E-state index in [1.165, 1.54) is 23.3 Å². The molecule has 0 aliphatic rings. The van der Waals surface area contributed by atoms with E-state index in [2.05, 4.69) is 46.1 Å². The summed E-state index contributed by atoms with van der Waals surface area (Å²) in [5, 5.41) is 7.42. The zero-order valence-corrected chi connectivity index (χ0v) is 13.7. The summed E-state index contributed by atoms with van der Waals surface area (Å²) in [6.07, 6.45) is 0. The van der Waals surface area contributed by atoms with E-state index in [0.29, 0.717) is 5.82 Å². The molecule has 2 aromatic heterocycles. The van der Waals surface area contributed by atoms with E-state index in [1.807, 2.05) is 6.92 Å². The zero-order chi connectivity index (χ0) is 16.8. The highest BCUT2D eigenvalue weighted by molar-refractivity contribution is 5.85. The fraction of sp³-hybridized carbons (Fsp3) is 0.158. The van der Waals surface area contributed by atoms with Gasteiger partial charge in [0, 0.05) is 11.3 Å². The number of H-pyrrole nitrogens is 2. The molecule has 0 atom stereocenters. The summed E-state index contributed by atoms with van der Waals surface area (Å²) >= 11 is 0. The first-order valence-corrected chi connectivity index (χ1v) is 7.81. The van der Waals surface area contributed by atoms with Crippen LogP contribution < -0.4 is 0 Å². The van der Waals surface area contributed by atoms with Crippen molar-refractivity contribution in [2.75, 3.05) is 0 Å². The van der Waals surface area contributed by atoms with Crippen LogP contribution in [0.1, 0.15) is 16.8 Å². The molecule has 0 saturated carbocycles. The van der Waals surface area contributed by atoms with Gasteiger partial charge in [-0.15, -0.1) is 0 Å². The Morgan fingerprint density at radius 1 is 0.958 bits per heavy atom. The topological polar surface area (TPSA) is 57.4 Å². The average Bonchev–Trinajstić information content (AvgIpc) is 3.12. The zero-order valence-electron chi connectivity index (χ0n) is 13.7. The molecular weight excluding hydrogens is 303 g/mol. The quantitative estimate of drug-likeness (QED) is 0.563. The monoisotopic (exact) mass is 320 g/mol. The second-order valence-corrected chi connectivity index (χ2v) is 6.12. The van der Waals surface area contributed by atoms with Gasteiger partial charge in [-0.05, 0) is 61.7 Å². The molecule has 0 saturated heterocycles. The van der Waals surface area contributed by atoms with Crippen molar-refractivity contribution >= 4 is 11.0 Å². The van der Waals surface area contributed by atoms with Gasteiger partial charge in [-0.25, -0.2) is 9.37 Å². The van der Waals surface area contributed by atoms with Gasteiger partial charge in [0.1, 0.15) is 11.5 Å². The first kappa shape index (κ1) is 14.6. The van der Waals surface area contributed by atoms with Crippen LogP contribution >= 0.6 is 0 Å². The fourth-order valence-corrected chi connectivity index (χ4v) is 2.95. The Bertz CT molecular complexity index is 1000. The first-order valence-electron chi connectivity index (χ1n) is 7.81. The van der Waals surface area contributed by atoms with Crippen molar-refractivity contribution in [3.63, 3.8) is 0 Å². The van der Waals surface area contributed by atoms with Crippen LogP contribution in [-0.4, -0.2) is 20.2 Å². The Kier molecular flexibility index (Phi) is 3.23. The number of hydrogen-bond donors (Lipinski definition) is 2. The number of aryl methyl sites for hydroxylation is 3.